The Morgan fingerprint density at radius 3 is 2.52 bits per heavy atom. The second kappa shape index (κ2) is 6.62. The van der Waals surface area contributed by atoms with E-state index in [1.54, 1.807) is 12.1 Å². The smallest absolute Gasteiger partial charge is 0.243 e. The lowest BCUT2D eigenvalue weighted by Gasteiger charge is -2.32. The Kier molecular flexibility index (Phi) is 4.40. The molecule has 1 aromatic heterocycles. The summed E-state index contributed by atoms with van der Waals surface area (Å²) in [4.78, 5) is 11.6. The van der Waals surface area contributed by atoms with Crippen molar-refractivity contribution in [2.45, 2.75) is 30.7 Å². The van der Waals surface area contributed by atoms with Crippen LogP contribution in [-0.4, -0.2) is 30.1 Å². The summed E-state index contributed by atoms with van der Waals surface area (Å²) in [6, 6.07) is 15.0. The van der Waals surface area contributed by atoms with Crippen LogP contribution >= 0.6 is 0 Å². The first-order valence-electron chi connectivity index (χ1n) is 9.00. The van der Waals surface area contributed by atoms with Crippen LogP contribution in [-0.2, 0) is 28.4 Å². The number of fused-ring (bicyclic) bond motifs is 3. The largest absolute Gasteiger partial charge is 0.346 e. The average Bonchev–Trinajstić information content (AvgIpc) is 2.95. The quantitative estimate of drug-likeness (QED) is 0.650. The fourth-order valence-corrected chi connectivity index (χ4v) is 5.49. The molecule has 0 N–H and O–H groups in total. The lowest BCUT2D eigenvalue weighted by molar-refractivity contribution is -0.108. The maximum absolute atomic E-state index is 13.2. The molecular weight excluding hydrogens is 360 g/mol. The van der Waals surface area contributed by atoms with E-state index in [1.807, 2.05) is 44.3 Å². The Morgan fingerprint density at radius 1 is 1.11 bits per heavy atom. The number of carbonyl (C=O) groups excluding carboxylic acids is 1. The van der Waals surface area contributed by atoms with Crippen molar-refractivity contribution in [2.75, 3.05) is 6.54 Å². The van der Waals surface area contributed by atoms with Gasteiger partial charge >= 0.3 is 0 Å². The number of aryl methyl sites for hydroxylation is 2. The number of benzene rings is 2. The number of aldehydes is 1. The van der Waals surface area contributed by atoms with Gasteiger partial charge in [0, 0.05) is 42.5 Å². The lowest BCUT2D eigenvalue weighted by atomic mass is 9.91. The van der Waals surface area contributed by atoms with Crippen molar-refractivity contribution in [3.63, 3.8) is 0 Å². The van der Waals surface area contributed by atoms with E-state index < -0.39 is 10.0 Å². The second-order valence-electron chi connectivity index (χ2n) is 7.15. The zero-order valence-corrected chi connectivity index (χ0v) is 16.2. The highest BCUT2D eigenvalue weighted by Gasteiger charge is 2.36. The van der Waals surface area contributed by atoms with Gasteiger partial charge in [0.15, 0.2) is 0 Å². The predicted molar refractivity (Wildman–Crippen MR) is 105 cm³/mol. The fraction of sp³-hybridized carbons (Fsp3) is 0.286. The standard InChI is InChI=1S/C21H22N2O3S/c1-15-7-9-17(10-8-15)27(25,26)23-13-16(11-12-24)21-18-5-3-4-6-19(18)22(2)20(21)14-23/h3-10,12,16H,11,13-14H2,1-2H3. The van der Waals surface area contributed by atoms with Crippen molar-refractivity contribution < 1.29 is 13.2 Å². The maximum atomic E-state index is 13.2. The molecule has 140 valence electrons. The molecule has 2 heterocycles. The minimum atomic E-state index is -3.62. The van der Waals surface area contributed by atoms with Crippen LogP contribution in [0.5, 0.6) is 0 Å². The first kappa shape index (κ1) is 17.9. The molecule has 2 aromatic carbocycles. The van der Waals surface area contributed by atoms with Crippen molar-refractivity contribution in [3.8, 4) is 0 Å². The molecule has 1 atom stereocenters. The predicted octanol–water partition coefficient (Wildman–Crippen LogP) is 3.36. The van der Waals surface area contributed by atoms with E-state index >= 15 is 0 Å². The van der Waals surface area contributed by atoms with Crippen molar-refractivity contribution in [2.24, 2.45) is 7.05 Å². The van der Waals surface area contributed by atoms with Gasteiger partial charge in [0.05, 0.1) is 11.4 Å². The van der Waals surface area contributed by atoms with Crippen molar-refractivity contribution in [1.82, 2.24) is 8.87 Å². The Labute approximate surface area is 159 Å². The molecule has 27 heavy (non-hydrogen) atoms. The number of para-hydroxylation sites is 1. The van der Waals surface area contributed by atoms with Crippen LogP contribution in [0.25, 0.3) is 10.9 Å². The lowest BCUT2D eigenvalue weighted by Crippen LogP contribution is -2.38. The van der Waals surface area contributed by atoms with Gasteiger partial charge in [-0.25, -0.2) is 8.42 Å². The monoisotopic (exact) mass is 382 g/mol. The molecule has 4 rings (SSSR count). The maximum Gasteiger partial charge on any atom is 0.243 e. The molecule has 3 aromatic rings. The highest BCUT2D eigenvalue weighted by atomic mass is 32.2. The topological polar surface area (TPSA) is 59.4 Å². The highest BCUT2D eigenvalue weighted by Crippen LogP contribution is 2.39. The third-order valence-electron chi connectivity index (χ3n) is 5.47. The third-order valence-corrected chi connectivity index (χ3v) is 7.30. The van der Waals surface area contributed by atoms with Gasteiger partial charge in [-0.2, -0.15) is 4.31 Å². The van der Waals surface area contributed by atoms with Crippen LogP contribution in [0.2, 0.25) is 0 Å². The van der Waals surface area contributed by atoms with Crippen molar-refractivity contribution in [3.05, 3.63) is 65.4 Å². The van der Waals surface area contributed by atoms with Gasteiger partial charge in [0.25, 0.3) is 0 Å². The minimum Gasteiger partial charge on any atom is -0.346 e. The molecule has 6 heteroatoms. The van der Waals surface area contributed by atoms with Crippen LogP contribution < -0.4 is 0 Å². The molecule has 5 nitrogen and oxygen atoms in total. The number of sulfonamides is 1. The van der Waals surface area contributed by atoms with Crippen molar-refractivity contribution in [1.29, 1.82) is 0 Å². The van der Waals surface area contributed by atoms with Gasteiger partial charge in [-0.15, -0.1) is 0 Å². The van der Waals surface area contributed by atoms with E-state index in [0.29, 0.717) is 24.4 Å². The minimum absolute atomic E-state index is 0.141. The first-order chi connectivity index (χ1) is 12.9. The second-order valence-corrected chi connectivity index (χ2v) is 9.08. The molecule has 0 bridgehead atoms. The highest BCUT2D eigenvalue weighted by molar-refractivity contribution is 7.89. The number of aromatic nitrogens is 1. The summed E-state index contributed by atoms with van der Waals surface area (Å²) in [5.74, 6) is -0.141. The summed E-state index contributed by atoms with van der Waals surface area (Å²) < 4.78 is 30.0. The third kappa shape index (κ3) is 2.89. The Bertz CT molecular complexity index is 1110. The number of hydrogen-bond donors (Lipinski definition) is 0. The van der Waals surface area contributed by atoms with Crippen molar-refractivity contribution >= 4 is 27.2 Å². The number of nitrogens with zero attached hydrogens (tertiary/aromatic N) is 2. The Morgan fingerprint density at radius 2 is 1.81 bits per heavy atom. The van der Waals surface area contributed by atoms with Crippen LogP contribution in [0.4, 0.5) is 0 Å². The molecule has 0 aliphatic carbocycles. The van der Waals surface area contributed by atoms with Crippen LogP contribution in [0.3, 0.4) is 0 Å². The molecule has 1 aliphatic rings. The number of rotatable bonds is 4. The van der Waals surface area contributed by atoms with Crippen LogP contribution in [0, 0.1) is 6.92 Å². The zero-order valence-electron chi connectivity index (χ0n) is 15.4. The van der Waals surface area contributed by atoms with Gasteiger partial charge in [0.1, 0.15) is 6.29 Å². The van der Waals surface area contributed by atoms with E-state index in [-0.39, 0.29) is 5.92 Å². The molecular formula is C21H22N2O3S. The molecule has 0 fully saturated rings. The summed E-state index contributed by atoms with van der Waals surface area (Å²) in [7, 11) is -1.66. The molecule has 0 saturated heterocycles. The Hall–Kier alpha value is -2.44. The van der Waals surface area contributed by atoms with Gasteiger partial charge in [-0.3, -0.25) is 0 Å². The normalized spacial score (nSPS) is 17.8. The molecule has 0 saturated carbocycles. The van der Waals surface area contributed by atoms with Gasteiger partial charge < -0.3 is 9.36 Å². The summed E-state index contributed by atoms with van der Waals surface area (Å²) >= 11 is 0. The summed E-state index contributed by atoms with van der Waals surface area (Å²) in [5.41, 5.74) is 4.15. The van der Waals surface area contributed by atoms with Crippen LogP contribution in [0.15, 0.2) is 53.4 Å². The van der Waals surface area contributed by atoms with Gasteiger partial charge in [-0.1, -0.05) is 35.9 Å². The van der Waals surface area contributed by atoms with E-state index in [4.69, 9.17) is 0 Å². The number of carbonyl (C=O) groups is 1. The first-order valence-corrected chi connectivity index (χ1v) is 10.4. The molecule has 0 radical (unpaired) electrons. The molecule has 1 unspecified atom stereocenters. The summed E-state index contributed by atoms with van der Waals surface area (Å²) in [5, 5.41) is 1.11. The average molecular weight is 382 g/mol. The van der Waals surface area contributed by atoms with Crippen LogP contribution in [0.1, 0.15) is 29.2 Å². The van der Waals surface area contributed by atoms with Gasteiger partial charge in [-0.05, 0) is 30.7 Å². The zero-order chi connectivity index (χ0) is 19.2. The van der Waals surface area contributed by atoms with E-state index in [2.05, 4.69) is 10.6 Å². The fourth-order valence-electron chi connectivity index (χ4n) is 4.04. The van der Waals surface area contributed by atoms with Gasteiger partial charge in [0.2, 0.25) is 10.0 Å². The summed E-state index contributed by atoms with van der Waals surface area (Å²) in [6.07, 6.45) is 1.19. The van der Waals surface area contributed by atoms with E-state index in [1.165, 1.54) is 4.31 Å². The molecule has 1 aliphatic heterocycles. The summed E-state index contributed by atoms with van der Waals surface area (Å²) in [6.45, 7) is 2.56. The molecule has 0 spiro atoms. The van der Waals surface area contributed by atoms with E-state index in [9.17, 15) is 13.2 Å². The number of hydrogen-bond acceptors (Lipinski definition) is 3. The Balaban J connectivity index is 1.83. The van der Waals surface area contributed by atoms with E-state index in [0.717, 1.165) is 34.0 Å². The molecule has 0 amide bonds. The SMILES string of the molecule is Cc1ccc(S(=O)(=O)N2Cc3c(c4ccccc4n3C)C(CC=O)C2)cc1.